The standard InChI is InChI=1S/C20H24F3N3O2/c1-18(2,3)28-17(27)26-10-19(11-26)7-12(8-19)6-13-4-5-14-15(20(21,22)23)9-24-16(14)25-13/h4-5,9,12H,6-8,10-11H2,1-3H3,(H,24,25). The highest BCUT2D eigenvalue weighted by Crippen LogP contribution is 2.53. The number of H-pyrrole nitrogens is 1. The average Bonchev–Trinajstić information content (AvgIpc) is 2.89. The van der Waals surface area contributed by atoms with Crippen LogP contribution in [0.5, 0.6) is 0 Å². The highest BCUT2D eigenvalue weighted by molar-refractivity contribution is 5.80. The van der Waals surface area contributed by atoms with Gasteiger partial charge in [0.05, 0.1) is 5.56 Å². The van der Waals surface area contributed by atoms with Crippen LogP contribution < -0.4 is 0 Å². The number of aromatic amines is 1. The molecule has 1 aliphatic carbocycles. The summed E-state index contributed by atoms with van der Waals surface area (Å²) in [5, 5.41) is 0.105. The second-order valence-corrected chi connectivity index (χ2v) is 9.21. The summed E-state index contributed by atoms with van der Waals surface area (Å²) in [5.41, 5.74) is 0.0863. The molecule has 152 valence electrons. The number of aromatic nitrogens is 2. The van der Waals surface area contributed by atoms with Crippen molar-refractivity contribution in [1.82, 2.24) is 14.9 Å². The minimum atomic E-state index is -4.38. The summed E-state index contributed by atoms with van der Waals surface area (Å²) in [6.45, 7) is 7.00. The van der Waals surface area contributed by atoms with Gasteiger partial charge in [0, 0.05) is 35.8 Å². The van der Waals surface area contributed by atoms with Crippen molar-refractivity contribution in [2.24, 2.45) is 11.3 Å². The quantitative estimate of drug-likeness (QED) is 0.797. The Morgan fingerprint density at radius 3 is 2.57 bits per heavy atom. The first-order chi connectivity index (χ1) is 12.9. The van der Waals surface area contributed by atoms with E-state index in [0.29, 0.717) is 5.92 Å². The van der Waals surface area contributed by atoms with Crippen molar-refractivity contribution in [3.63, 3.8) is 0 Å². The van der Waals surface area contributed by atoms with Crippen LogP contribution in [0.3, 0.4) is 0 Å². The van der Waals surface area contributed by atoms with Crippen molar-refractivity contribution in [3.8, 4) is 0 Å². The van der Waals surface area contributed by atoms with E-state index in [2.05, 4.69) is 9.97 Å². The van der Waals surface area contributed by atoms with Gasteiger partial charge in [0.15, 0.2) is 0 Å². The molecule has 2 aromatic heterocycles. The lowest BCUT2D eigenvalue weighted by molar-refractivity contribution is -0.136. The molecule has 1 N–H and O–H groups in total. The largest absolute Gasteiger partial charge is 0.444 e. The van der Waals surface area contributed by atoms with Crippen molar-refractivity contribution in [2.45, 2.75) is 51.8 Å². The Bertz CT molecular complexity index is 900. The molecular formula is C20H24F3N3O2. The summed E-state index contributed by atoms with van der Waals surface area (Å²) >= 11 is 0. The number of hydrogen-bond acceptors (Lipinski definition) is 3. The number of nitrogens with one attached hydrogen (secondary N) is 1. The summed E-state index contributed by atoms with van der Waals surface area (Å²) in [7, 11) is 0. The smallest absolute Gasteiger partial charge is 0.418 e. The molecule has 1 amide bonds. The van der Waals surface area contributed by atoms with Gasteiger partial charge in [-0.15, -0.1) is 0 Å². The van der Waals surface area contributed by atoms with Crippen LogP contribution in [-0.2, 0) is 17.3 Å². The summed E-state index contributed by atoms with van der Waals surface area (Å²) < 4.78 is 44.2. The molecule has 1 aliphatic heterocycles. The summed E-state index contributed by atoms with van der Waals surface area (Å²) in [4.78, 5) is 20.8. The number of ether oxygens (including phenoxy) is 1. The molecular weight excluding hydrogens is 371 g/mol. The van der Waals surface area contributed by atoms with Gasteiger partial charge in [0.1, 0.15) is 11.2 Å². The minimum absolute atomic E-state index is 0.105. The number of alkyl halides is 3. The molecule has 2 aliphatic rings. The van der Waals surface area contributed by atoms with E-state index in [9.17, 15) is 18.0 Å². The van der Waals surface area contributed by atoms with Gasteiger partial charge in [0.25, 0.3) is 0 Å². The molecule has 1 spiro atoms. The van der Waals surface area contributed by atoms with Gasteiger partial charge >= 0.3 is 12.3 Å². The maximum Gasteiger partial charge on any atom is 0.418 e. The molecule has 0 atom stereocenters. The van der Waals surface area contributed by atoms with Crippen molar-refractivity contribution in [2.75, 3.05) is 13.1 Å². The van der Waals surface area contributed by atoms with E-state index in [1.165, 1.54) is 6.07 Å². The van der Waals surface area contributed by atoms with Crippen LogP contribution in [0, 0.1) is 11.3 Å². The van der Waals surface area contributed by atoms with Gasteiger partial charge in [-0.25, -0.2) is 9.78 Å². The Morgan fingerprint density at radius 2 is 1.96 bits per heavy atom. The fourth-order valence-corrected chi connectivity index (χ4v) is 4.48. The van der Waals surface area contributed by atoms with Crippen LogP contribution in [0.2, 0.25) is 0 Å². The molecule has 0 aromatic carbocycles. The van der Waals surface area contributed by atoms with Gasteiger partial charge in [-0.3, -0.25) is 0 Å². The number of carbonyl (C=O) groups is 1. The second kappa shape index (κ2) is 6.12. The molecule has 0 radical (unpaired) electrons. The van der Waals surface area contributed by atoms with E-state index in [1.54, 1.807) is 11.0 Å². The van der Waals surface area contributed by atoms with E-state index in [4.69, 9.17) is 4.74 Å². The van der Waals surface area contributed by atoms with Crippen molar-refractivity contribution < 1.29 is 22.7 Å². The van der Waals surface area contributed by atoms with Crippen molar-refractivity contribution in [1.29, 1.82) is 0 Å². The number of nitrogens with zero attached hydrogens (tertiary/aromatic N) is 2. The fraction of sp³-hybridized carbons (Fsp3) is 0.600. The van der Waals surface area contributed by atoms with Gasteiger partial charge < -0.3 is 14.6 Å². The van der Waals surface area contributed by atoms with Gasteiger partial charge in [0.2, 0.25) is 0 Å². The number of likely N-dealkylation sites (tertiary alicyclic amines) is 1. The fourth-order valence-electron chi connectivity index (χ4n) is 4.48. The normalized spacial score (nSPS) is 19.6. The molecule has 1 saturated carbocycles. The van der Waals surface area contributed by atoms with Crippen LogP contribution in [0.25, 0.3) is 11.0 Å². The molecule has 0 unspecified atom stereocenters. The monoisotopic (exact) mass is 395 g/mol. The molecule has 2 fully saturated rings. The predicted octanol–water partition coefficient (Wildman–Crippen LogP) is 4.77. The molecule has 2 aromatic rings. The third kappa shape index (κ3) is 3.56. The van der Waals surface area contributed by atoms with Crippen LogP contribution in [0.4, 0.5) is 18.0 Å². The van der Waals surface area contributed by atoms with E-state index in [-0.39, 0.29) is 22.5 Å². The number of fused-ring (bicyclic) bond motifs is 1. The maximum atomic E-state index is 13.0. The van der Waals surface area contributed by atoms with Crippen LogP contribution in [-0.4, -0.2) is 39.7 Å². The Hall–Kier alpha value is -2.25. The third-order valence-corrected chi connectivity index (χ3v) is 5.55. The van der Waals surface area contributed by atoms with Gasteiger partial charge in [-0.2, -0.15) is 13.2 Å². The molecule has 1 saturated heterocycles. The zero-order valence-electron chi connectivity index (χ0n) is 16.2. The number of halogens is 3. The minimum Gasteiger partial charge on any atom is -0.444 e. The number of pyridine rings is 1. The van der Waals surface area contributed by atoms with Crippen LogP contribution in [0.1, 0.15) is 44.9 Å². The van der Waals surface area contributed by atoms with E-state index in [0.717, 1.165) is 44.2 Å². The zero-order chi connectivity index (χ0) is 20.3. The first kappa shape index (κ1) is 19.1. The van der Waals surface area contributed by atoms with E-state index < -0.39 is 17.3 Å². The van der Waals surface area contributed by atoms with Crippen LogP contribution >= 0.6 is 0 Å². The van der Waals surface area contributed by atoms with E-state index >= 15 is 0 Å². The third-order valence-electron chi connectivity index (χ3n) is 5.55. The van der Waals surface area contributed by atoms with E-state index in [1.807, 2.05) is 20.8 Å². The molecule has 4 rings (SSSR count). The average molecular weight is 395 g/mol. The van der Waals surface area contributed by atoms with Crippen LogP contribution in [0.15, 0.2) is 18.3 Å². The molecule has 0 bridgehead atoms. The lowest BCUT2D eigenvalue weighted by Gasteiger charge is -2.58. The molecule has 28 heavy (non-hydrogen) atoms. The summed E-state index contributed by atoms with van der Waals surface area (Å²) in [6, 6.07) is 3.18. The number of carbonyl (C=O) groups excluding carboxylic acids is 1. The van der Waals surface area contributed by atoms with Gasteiger partial charge in [-0.05, 0) is 58.1 Å². The molecule has 5 nitrogen and oxygen atoms in total. The number of hydrogen-bond donors (Lipinski definition) is 1. The molecule has 8 heteroatoms. The Labute approximate surface area is 161 Å². The highest BCUT2D eigenvalue weighted by atomic mass is 19.4. The Morgan fingerprint density at radius 1 is 1.29 bits per heavy atom. The highest BCUT2D eigenvalue weighted by Gasteiger charge is 2.54. The first-order valence-corrected chi connectivity index (χ1v) is 9.46. The lowest BCUT2D eigenvalue weighted by atomic mass is 9.57. The SMILES string of the molecule is CC(C)(C)OC(=O)N1CC2(CC(Cc3ccc4c(C(F)(F)F)c[nH]c4n3)C2)C1. The Balaban J connectivity index is 1.32. The lowest BCUT2D eigenvalue weighted by Crippen LogP contribution is -2.64. The second-order valence-electron chi connectivity index (χ2n) is 9.21. The zero-order valence-corrected chi connectivity index (χ0v) is 16.2. The summed E-state index contributed by atoms with van der Waals surface area (Å²) in [5.74, 6) is 0.447. The maximum absolute atomic E-state index is 13.0. The number of amides is 1. The first-order valence-electron chi connectivity index (χ1n) is 9.46. The number of rotatable bonds is 2. The predicted molar refractivity (Wildman–Crippen MR) is 97.8 cm³/mol. The topological polar surface area (TPSA) is 58.2 Å². The summed E-state index contributed by atoms with van der Waals surface area (Å²) in [6.07, 6.45) is -0.925. The van der Waals surface area contributed by atoms with Crippen molar-refractivity contribution >= 4 is 17.1 Å². The molecule has 3 heterocycles. The van der Waals surface area contributed by atoms with Gasteiger partial charge in [-0.1, -0.05) is 0 Å². The Kier molecular flexibility index (Phi) is 4.17. The van der Waals surface area contributed by atoms with Crippen molar-refractivity contribution in [3.05, 3.63) is 29.6 Å².